The third kappa shape index (κ3) is 5.83. The molecular weight excluding hydrogens is 310 g/mol. The Bertz CT molecular complexity index is 607. The minimum atomic E-state index is 0.585. The SMILES string of the molecule is CNCCC1CCN(Cc2ccc(OCc3ccncc3)cc2)CC1. The highest BCUT2D eigenvalue weighted by Gasteiger charge is 2.18. The van der Waals surface area contributed by atoms with E-state index in [1.165, 1.54) is 37.9 Å². The van der Waals surface area contributed by atoms with E-state index in [0.29, 0.717) is 6.61 Å². The van der Waals surface area contributed by atoms with Crippen molar-refractivity contribution in [3.63, 3.8) is 0 Å². The van der Waals surface area contributed by atoms with Crippen LogP contribution >= 0.6 is 0 Å². The summed E-state index contributed by atoms with van der Waals surface area (Å²) in [4.78, 5) is 6.60. The molecule has 0 atom stereocenters. The lowest BCUT2D eigenvalue weighted by molar-refractivity contribution is 0.172. The monoisotopic (exact) mass is 339 g/mol. The number of hydrogen-bond donors (Lipinski definition) is 1. The zero-order valence-corrected chi connectivity index (χ0v) is 15.2. The highest BCUT2D eigenvalue weighted by atomic mass is 16.5. The number of hydrogen-bond acceptors (Lipinski definition) is 4. The Morgan fingerprint density at radius 2 is 1.76 bits per heavy atom. The Kier molecular flexibility index (Phi) is 6.83. The van der Waals surface area contributed by atoms with Gasteiger partial charge in [-0.1, -0.05) is 12.1 Å². The van der Waals surface area contributed by atoms with Crippen LogP contribution in [0.5, 0.6) is 5.75 Å². The summed E-state index contributed by atoms with van der Waals surface area (Å²) in [5.41, 5.74) is 2.50. The second-order valence-corrected chi connectivity index (χ2v) is 6.90. The fourth-order valence-corrected chi connectivity index (χ4v) is 3.38. The molecule has 25 heavy (non-hydrogen) atoms. The van der Waals surface area contributed by atoms with Crippen molar-refractivity contribution in [3.05, 3.63) is 59.9 Å². The predicted molar refractivity (Wildman–Crippen MR) is 102 cm³/mol. The maximum absolute atomic E-state index is 5.84. The Morgan fingerprint density at radius 1 is 1.04 bits per heavy atom. The molecule has 2 heterocycles. The quantitative estimate of drug-likeness (QED) is 0.799. The molecule has 1 saturated heterocycles. The number of benzene rings is 1. The third-order valence-electron chi connectivity index (χ3n) is 4.99. The second kappa shape index (κ2) is 9.54. The van der Waals surface area contributed by atoms with Gasteiger partial charge >= 0.3 is 0 Å². The largest absolute Gasteiger partial charge is 0.489 e. The Labute approximate surface area is 151 Å². The van der Waals surface area contributed by atoms with Gasteiger partial charge in [0.25, 0.3) is 0 Å². The molecule has 1 fully saturated rings. The van der Waals surface area contributed by atoms with E-state index >= 15 is 0 Å². The van der Waals surface area contributed by atoms with Crippen molar-refractivity contribution in [2.24, 2.45) is 5.92 Å². The molecule has 0 amide bonds. The molecule has 1 aromatic heterocycles. The Hall–Kier alpha value is -1.91. The molecule has 0 radical (unpaired) electrons. The first-order chi connectivity index (χ1) is 12.3. The molecule has 4 nitrogen and oxygen atoms in total. The first kappa shape index (κ1) is 17.9. The maximum atomic E-state index is 5.84. The van der Waals surface area contributed by atoms with Crippen LogP contribution in [-0.2, 0) is 13.2 Å². The number of nitrogens with one attached hydrogen (secondary N) is 1. The predicted octanol–water partition coefficient (Wildman–Crippen LogP) is 3.48. The number of aromatic nitrogens is 1. The van der Waals surface area contributed by atoms with Crippen LogP contribution in [0.1, 0.15) is 30.4 Å². The van der Waals surface area contributed by atoms with E-state index in [9.17, 15) is 0 Å². The standard InChI is InChI=1S/C21H29N3O/c1-22-11-6-18-9-14-24(15-10-18)16-19-2-4-21(5-3-19)25-17-20-7-12-23-13-8-20/h2-5,7-8,12-13,18,22H,6,9-11,14-17H2,1H3. The summed E-state index contributed by atoms with van der Waals surface area (Å²) in [6.45, 7) is 5.21. The Morgan fingerprint density at radius 3 is 2.44 bits per heavy atom. The molecule has 0 saturated carbocycles. The van der Waals surface area contributed by atoms with Crippen LogP contribution in [0.25, 0.3) is 0 Å². The van der Waals surface area contributed by atoms with Crippen molar-refractivity contribution in [1.82, 2.24) is 15.2 Å². The van der Waals surface area contributed by atoms with Gasteiger partial charge in [0.2, 0.25) is 0 Å². The van der Waals surface area contributed by atoms with Gasteiger partial charge in [-0.15, -0.1) is 0 Å². The van der Waals surface area contributed by atoms with Crippen LogP contribution in [0.15, 0.2) is 48.8 Å². The summed E-state index contributed by atoms with van der Waals surface area (Å²) < 4.78 is 5.84. The summed E-state index contributed by atoms with van der Waals surface area (Å²) in [6, 6.07) is 12.5. The van der Waals surface area contributed by atoms with Crippen molar-refractivity contribution in [3.8, 4) is 5.75 Å². The molecule has 1 N–H and O–H groups in total. The minimum absolute atomic E-state index is 0.585. The van der Waals surface area contributed by atoms with Crippen LogP contribution in [-0.4, -0.2) is 36.6 Å². The van der Waals surface area contributed by atoms with E-state index in [2.05, 4.69) is 39.5 Å². The smallest absolute Gasteiger partial charge is 0.119 e. The number of pyridine rings is 1. The van der Waals surface area contributed by atoms with Gasteiger partial charge in [0.1, 0.15) is 12.4 Å². The molecule has 1 aromatic carbocycles. The van der Waals surface area contributed by atoms with E-state index in [0.717, 1.165) is 30.3 Å². The van der Waals surface area contributed by atoms with Gasteiger partial charge in [0.05, 0.1) is 0 Å². The van der Waals surface area contributed by atoms with Gasteiger partial charge in [0.15, 0.2) is 0 Å². The van der Waals surface area contributed by atoms with Gasteiger partial charge in [0, 0.05) is 18.9 Å². The third-order valence-corrected chi connectivity index (χ3v) is 4.99. The summed E-state index contributed by atoms with van der Waals surface area (Å²) in [5, 5.41) is 3.26. The summed E-state index contributed by atoms with van der Waals surface area (Å²) in [6.07, 6.45) is 7.56. The average Bonchev–Trinajstić information content (AvgIpc) is 2.68. The summed E-state index contributed by atoms with van der Waals surface area (Å²) >= 11 is 0. The van der Waals surface area contributed by atoms with Gasteiger partial charge in [-0.05, 0) is 87.3 Å². The van der Waals surface area contributed by atoms with Gasteiger partial charge in [-0.25, -0.2) is 0 Å². The van der Waals surface area contributed by atoms with Crippen molar-refractivity contribution < 1.29 is 4.74 Å². The summed E-state index contributed by atoms with van der Waals surface area (Å²) in [7, 11) is 2.04. The summed E-state index contributed by atoms with van der Waals surface area (Å²) in [5.74, 6) is 1.82. The number of nitrogens with zero attached hydrogens (tertiary/aromatic N) is 2. The zero-order valence-electron chi connectivity index (χ0n) is 15.2. The van der Waals surface area contributed by atoms with E-state index < -0.39 is 0 Å². The van der Waals surface area contributed by atoms with Crippen LogP contribution in [0.3, 0.4) is 0 Å². The lowest BCUT2D eigenvalue weighted by Crippen LogP contribution is -2.34. The van der Waals surface area contributed by atoms with Crippen molar-refractivity contribution >= 4 is 0 Å². The zero-order chi connectivity index (χ0) is 17.3. The van der Waals surface area contributed by atoms with Crippen LogP contribution in [0.4, 0.5) is 0 Å². The normalized spacial score (nSPS) is 16.0. The number of rotatable bonds is 8. The molecule has 134 valence electrons. The van der Waals surface area contributed by atoms with Crippen LogP contribution < -0.4 is 10.1 Å². The van der Waals surface area contributed by atoms with E-state index in [1.807, 2.05) is 19.2 Å². The lowest BCUT2D eigenvalue weighted by atomic mass is 9.93. The lowest BCUT2D eigenvalue weighted by Gasteiger charge is -2.32. The molecule has 0 spiro atoms. The molecule has 4 heteroatoms. The van der Waals surface area contributed by atoms with E-state index in [-0.39, 0.29) is 0 Å². The fourth-order valence-electron chi connectivity index (χ4n) is 3.38. The average molecular weight is 339 g/mol. The highest BCUT2D eigenvalue weighted by Crippen LogP contribution is 2.22. The van der Waals surface area contributed by atoms with Gasteiger partial charge < -0.3 is 10.1 Å². The number of ether oxygens (including phenoxy) is 1. The molecule has 1 aliphatic rings. The molecule has 0 bridgehead atoms. The van der Waals surface area contributed by atoms with Crippen LogP contribution in [0.2, 0.25) is 0 Å². The molecular formula is C21H29N3O. The molecule has 0 unspecified atom stereocenters. The fraction of sp³-hybridized carbons (Fsp3) is 0.476. The van der Waals surface area contributed by atoms with E-state index in [1.54, 1.807) is 12.4 Å². The molecule has 1 aliphatic heterocycles. The molecule has 3 rings (SSSR count). The topological polar surface area (TPSA) is 37.4 Å². The first-order valence-electron chi connectivity index (χ1n) is 9.31. The maximum Gasteiger partial charge on any atom is 0.119 e. The van der Waals surface area contributed by atoms with Gasteiger partial charge in [-0.2, -0.15) is 0 Å². The van der Waals surface area contributed by atoms with Crippen molar-refractivity contribution in [2.75, 3.05) is 26.7 Å². The Balaban J connectivity index is 1.42. The van der Waals surface area contributed by atoms with Crippen molar-refractivity contribution in [2.45, 2.75) is 32.4 Å². The molecule has 0 aliphatic carbocycles. The first-order valence-corrected chi connectivity index (χ1v) is 9.31. The second-order valence-electron chi connectivity index (χ2n) is 6.90. The van der Waals surface area contributed by atoms with Crippen LogP contribution in [0, 0.1) is 5.92 Å². The number of piperidine rings is 1. The van der Waals surface area contributed by atoms with Crippen molar-refractivity contribution in [1.29, 1.82) is 0 Å². The molecule has 2 aromatic rings. The van der Waals surface area contributed by atoms with E-state index in [4.69, 9.17) is 4.74 Å². The number of likely N-dealkylation sites (tertiary alicyclic amines) is 1. The van der Waals surface area contributed by atoms with Gasteiger partial charge in [-0.3, -0.25) is 9.88 Å². The minimum Gasteiger partial charge on any atom is -0.489 e. The highest BCUT2D eigenvalue weighted by molar-refractivity contribution is 5.27.